The zero-order valence-corrected chi connectivity index (χ0v) is 16.9. The predicted molar refractivity (Wildman–Crippen MR) is 108 cm³/mol. The third-order valence-electron chi connectivity index (χ3n) is 4.14. The highest BCUT2D eigenvalue weighted by Crippen LogP contribution is 2.38. The van der Waals surface area contributed by atoms with Gasteiger partial charge in [-0.05, 0) is 23.8 Å². The summed E-state index contributed by atoms with van der Waals surface area (Å²) in [4.78, 5) is 15.8. The molecule has 1 atom stereocenters. The number of rotatable bonds is 5. The SMILES string of the molecule is NN(C1=C(C(I)C(=O)O)CS(=O)(=O)c2ccccc21)c1ccc(CO)nc1. The number of benzene rings is 1. The van der Waals surface area contributed by atoms with Gasteiger partial charge in [0.05, 0.1) is 40.5 Å². The number of nitrogens with zero attached hydrogens (tertiary/aromatic N) is 2. The highest BCUT2D eigenvalue weighted by molar-refractivity contribution is 14.1. The van der Waals surface area contributed by atoms with E-state index < -0.39 is 25.5 Å². The summed E-state index contributed by atoms with van der Waals surface area (Å²) in [6.45, 7) is -0.227. The summed E-state index contributed by atoms with van der Waals surface area (Å²) in [5, 5.41) is 19.8. The van der Waals surface area contributed by atoms with Crippen molar-refractivity contribution in [2.24, 2.45) is 5.84 Å². The molecule has 0 saturated heterocycles. The molecule has 0 radical (unpaired) electrons. The Balaban J connectivity index is 2.23. The largest absolute Gasteiger partial charge is 0.480 e. The van der Waals surface area contributed by atoms with Crippen LogP contribution in [0.3, 0.4) is 0 Å². The van der Waals surface area contributed by atoms with Crippen LogP contribution < -0.4 is 10.9 Å². The molecule has 0 fully saturated rings. The Hall–Kier alpha value is -2.02. The van der Waals surface area contributed by atoms with Crippen molar-refractivity contribution in [1.82, 2.24) is 4.98 Å². The smallest absolute Gasteiger partial charge is 0.320 e. The first-order valence-corrected chi connectivity index (χ1v) is 10.7. The number of aliphatic hydroxyl groups is 1. The number of hydrogen-bond acceptors (Lipinski definition) is 7. The molecule has 0 bridgehead atoms. The summed E-state index contributed by atoms with van der Waals surface area (Å²) in [5.74, 6) is 4.69. The summed E-state index contributed by atoms with van der Waals surface area (Å²) < 4.78 is 24.3. The van der Waals surface area contributed by atoms with Crippen LogP contribution in [-0.2, 0) is 21.2 Å². The summed E-state index contributed by atoms with van der Waals surface area (Å²) in [5.41, 5.74) is 1.74. The molecule has 10 heteroatoms. The first-order valence-electron chi connectivity index (χ1n) is 7.79. The highest BCUT2D eigenvalue weighted by Gasteiger charge is 2.37. The van der Waals surface area contributed by atoms with E-state index in [1.54, 1.807) is 52.9 Å². The molecule has 4 N–H and O–H groups in total. The van der Waals surface area contributed by atoms with E-state index in [2.05, 4.69) is 4.98 Å². The molecule has 27 heavy (non-hydrogen) atoms. The molecule has 2 aromatic rings. The lowest BCUT2D eigenvalue weighted by atomic mass is 10.0. The standard InChI is InChI=1S/C17H16IN3O5S/c18-15(17(23)24)13-9-27(25,26)14-4-2-1-3-12(14)16(13)21(19)11-6-5-10(8-22)20-7-11/h1-7,15,22H,8-9,19H2,(H,23,24). The third-order valence-corrected chi connectivity index (χ3v) is 7.14. The van der Waals surface area contributed by atoms with Crippen LogP contribution in [-0.4, -0.2) is 39.3 Å². The minimum atomic E-state index is -3.69. The van der Waals surface area contributed by atoms with Crippen LogP contribution in [0.25, 0.3) is 5.70 Å². The molecule has 142 valence electrons. The summed E-state index contributed by atoms with van der Waals surface area (Å²) in [7, 11) is -3.69. The maximum atomic E-state index is 12.7. The predicted octanol–water partition coefficient (Wildman–Crippen LogP) is 1.34. The Morgan fingerprint density at radius 1 is 1.30 bits per heavy atom. The van der Waals surface area contributed by atoms with Gasteiger partial charge in [0.25, 0.3) is 0 Å². The monoisotopic (exact) mass is 501 g/mol. The zero-order chi connectivity index (χ0) is 19.8. The fourth-order valence-corrected chi connectivity index (χ4v) is 5.33. The first kappa shape index (κ1) is 19.7. The number of hydrazine groups is 1. The number of hydrogen-bond donors (Lipinski definition) is 3. The maximum Gasteiger partial charge on any atom is 0.320 e. The van der Waals surface area contributed by atoms with Gasteiger partial charge in [-0.25, -0.2) is 14.3 Å². The number of carbonyl (C=O) groups is 1. The van der Waals surface area contributed by atoms with Crippen LogP contribution in [0.4, 0.5) is 5.69 Å². The number of fused-ring (bicyclic) bond motifs is 1. The van der Waals surface area contributed by atoms with Crippen molar-refractivity contribution in [3.05, 3.63) is 59.4 Å². The average molecular weight is 501 g/mol. The molecule has 1 aromatic heterocycles. The number of nitrogens with two attached hydrogens (primary N) is 1. The van der Waals surface area contributed by atoms with Crippen LogP contribution in [0.5, 0.6) is 0 Å². The van der Waals surface area contributed by atoms with E-state index >= 15 is 0 Å². The molecule has 1 aliphatic heterocycles. The van der Waals surface area contributed by atoms with E-state index in [0.717, 1.165) is 0 Å². The molecule has 1 aliphatic rings. The summed E-state index contributed by atoms with van der Waals surface area (Å²) in [6, 6.07) is 9.56. The Bertz CT molecular complexity index is 1020. The number of carboxylic acid groups (broad SMARTS) is 1. The Labute approximate surface area is 169 Å². The second kappa shape index (κ2) is 7.54. The van der Waals surface area contributed by atoms with Gasteiger partial charge >= 0.3 is 5.97 Å². The van der Waals surface area contributed by atoms with Crippen LogP contribution in [0.15, 0.2) is 53.1 Å². The van der Waals surface area contributed by atoms with Gasteiger partial charge in [-0.15, -0.1) is 0 Å². The Kier molecular flexibility index (Phi) is 5.51. The number of aliphatic hydroxyl groups excluding tert-OH is 1. The van der Waals surface area contributed by atoms with E-state index in [4.69, 9.17) is 10.9 Å². The molecule has 1 aromatic carbocycles. The van der Waals surface area contributed by atoms with Gasteiger partial charge in [0.15, 0.2) is 9.84 Å². The summed E-state index contributed by atoms with van der Waals surface area (Å²) in [6.07, 6.45) is 1.44. The van der Waals surface area contributed by atoms with Crippen molar-refractivity contribution < 1.29 is 23.4 Å². The second-order valence-electron chi connectivity index (χ2n) is 5.87. The minimum Gasteiger partial charge on any atom is -0.480 e. The normalized spacial score (nSPS) is 16.6. The van der Waals surface area contributed by atoms with Gasteiger partial charge in [0, 0.05) is 5.56 Å². The maximum absolute atomic E-state index is 12.7. The average Bonchev–Trinajstić information content (AvgIpc) is 2.66. The summed E-state index contributed by atoms with van der Waals surface area (Å²) >= 11 is 1.69. The number of halogens is 1. The lowest BCUT2D eigenvalue weighted by molar-refractivity contribution is -0.135. The van der Waals surface area contributed by atoms with Crippen molar-refractivity contribution in [3.63, 3.8) is 0 Å². The first-order chi connectivity index (χ1) is 12.8. The molecule has 1 unspecified atom stereocenters. The molecular formula is C17H16IN3O5S. The molecule has 0 spiro atoms. The number of alkyl halides is 1. The van der Waals surface area contributed by atoms with Crippen molar-refractivity contribution in [3.8, 4) is 0 Å². The van der Waals surface area contributed by atoms with Gasteiger partial charge in [0.1, 0.15) is 3.92 Å². The van der Waals surface area contributed by atoms with Crippen molar-refractivity contribution in [2.45, 2.75) is 15.4 Å². The molecule has 2 heterocycles. The quantitative estimate of drug-likeness (QED) is 0.242. The molecule has 0 amide bonds. The molecular weight excluding hydrogens is 485 g/mol. The van der Waals surface area contributed by atoms with Gasteiger partial charge in [-0.3, -0.25) is 14.8 Å². The van der Waals surface area contributed by atoms with Crippen molar-refractivity contribution in [1.29, 1.82) is 0 Å². The number of sulfone groups is 1. The Morgan fingerprint density at radius 3 is 2.59 bits per heavy atom. The topological polar surface area (TPSA) is 134 Å². The number of aliphatic carboxylic acids is 1. The molecule has 3 rings (SSSR count). The van der Waals surface area contributed by atoms with E-state index in [1.807, 2.05) is 0 Å². The van der Waals surface area contributed by atoms with Gasteiger partial charge in [-0.1, -0.05) is 40.8 Å². The highest BCUT2D eigenvalue weighted by atomic mass is 127. The van der Waals surface area contributed by atoms with Crippen molar-refractivity contribution in [2.75, 3.05) is 10.8 Å². The Morgan fingerprint density at radius 2 is 2.00 bits per heavy atom. The number of pyridine rings is 1. The van der Waals surface area contributed by atoms with Gasteiger partial charge < -0.3 is 10.2 Å². The van der Waals surface area contributed by atoms with E-state index in [9.17, 15) is 18.3 Å². The lowest BCUT2D eigenvalue weighted by Crippen LogP contribution is -2.37. The molecule has 0 saturated carbocycles. The minimum absolute atomic E-state index is 0.105. The fraction of sp³-hybridized carbons (Fsp3) is 0.176. The second-order valence-corrected chi connectivity index (χ2v) is 9.07. The lowest BCUT2D eigenvalue weighted by Gasteiger charge is -2.31. The van der Waals surface area contributed by atoms with E-state index in [-0.39, 0.29) is 17.1 Å². The zero-order valence-electron chi connectivity index (χ0n) is 13.9. The third kappa shape index (κ3) is 3.70. The van der Waals surface area contributed by atoms with Gasteiger partial charge in [0.2, 0.25) is 0 Å². The van der Waals surface area contributed by atoms with E-state index in [1.165, 1.54) is 17.3 Å². The van der Waals surface area contributed by atoms with Crippen LogP contribution in [0.1, 0.15) is 11.3 Å². The van der Waals surface area contributed by atoms with Crippen LogP contribution in [0, 0.1) is 0 Å². The van der Waals surface area contributed by atoms with Crippen LogP contribution in [0.2, 0.25) is 0 Å². The van der Waals surface area contributed by atoms with Crippen molar-refractivity contribution >= 4 is 49.8 Å². The number of aromatic nitrogens is 1. The number of anilines is 1. The van der Waals surface area contributed by atoms with Crippen LogP contribution >= 0.6 is 22.6 Å². The van der Waals surface area contributed by atoms with E-state index in [0.29, 0.717) is 22.6 Å². The van der Waals surface area contributed by atoms with Gasteiger partial charge in [-0.2, -0.15) is 0 Å². The number of carboxylic acids is 1. The fourth-order valence-electron chi connectivity index (χ4n) is 2.87. The molecule has 8 nitrogen and oxygen atoms in total. The molecule has 0 aliphatic carbocycles.